The molecule has 0 fully saturated rings. The fourth-order valence-corrected chi connectivity index (χ4v) is 3.84. The number of hydrogen-bond acceptors (Lipinski definition) is 7. The fourth-order valence-electron chi connectivity index (χ4n) is 2.87. The molecule has 2 heterocycles. The number of nitrogens with one attached hydrogen (secondary N) is 1. The first-order valence-electron chi connectivity index (χ1n) is 9.38. The van der Waals surface area contributed by atoms with Gasteiger partial charge in [0.2, 0.25) is 0 Å². The molecule has 0 aromatic heterocycles. The normalized spacial score (nSPS) is 17.9. The van der Waals surface area contributed by atoms with E-state index in [0.717, 1.165) is 11.3 Å². The number of amides is 1. The Morgan fingerprint density at radius 2 is 1.97 bits per heavy atom. The molecule has 0 saturated carbocycles. The summed E-state index contributed by atoms with van der Waals surface area (Å²) in [4.78, 5) is 26.1. The summed E-state index contributed by atoms with van der Waals surface area (Å²) >= 11 is 0. The maximum absolute atomic E-state index is 12.4. The molecule has 3 rings (SSSR count). The van der Waals surface area contributed by atoms with Crippen LogP contribution in [0.3, 0.4) is 0 Å². The Morgan fingerprint density at radius 3 is 2.67 bits per heavy atom. The molecule has 1 aromatic carbocycles. The van der Waals surface area contributed by atoms with Gasteiger partial charge in [-0.25, -0.2) is 13.2 Å². The quantitative estimate of drug-likeness (QED) is 0.632. The van der Waals surface area contributed by atoms with Crippen LogP contribution in [0.15, 0.2) is 52.6 Å². The first-order valence-corrected chi connectivity index (χ1v) is 11.0. The number of methoxy groups -OCH3 is 1. The molecule has 0 saturated heterocycles. The van der Waals surface area contributed by atoms with Gasteiger partial charge >= 0.3 is 5.97 Å². The zero-order chi connectivity index (χ0) is 21.7. The molecular weight excluding hydrogens is 410 g/mol. The van der Waals surface area contributed by atoms with Crippen LogP contribution in [0, 0.1) is 0 Å². The lowest BCUT2D eigenvalue weighted by Crippen LogP contribution is -2.39. The monoisotopic (exact) mass is 433 g/mol. The van der Waals surface area contributed by atoms with E-state index in [0.29, 0.717) is 13.0 Å². The van der Waals surface area contributed by atoms with Crippen LogP contribution in [0.25, 0.3) is 0 Å². The van der Waals surface area contributed by atoms with E-state index >= 15 is 0 Å². The number of nitrogens with zero attached hydrogens (tertiary/aromatic N) is 2. The first-order chi connectivity index (χ1) is 14.3. The summed E-state index contributed by atoms with van der Waals surface area (Å²) in [5, 5.41) is 2.74. The Labute approximate surface area is 175 Å². The molecule has 2 aliphatic heterocycles. The molecule has 30 heavy (non-hydrogen) atoms. The van der Waals surface area contributed by atoms with Crippen molar-refractivity contribution >= 4 is 27.7 Å². The van der Waals surface area contributed by atoms with Crippen LogP contribution in [0.5, 0.6) is 5.75 Å². The van der Waals surface area contributed by atoms with Gasteiger partial charge in [-0.05, 0) is 43.2 Å². The van der Waals surface area contributed by atoms with Crippen LogP contribution in [0.4, 0.5) is 0 Å². The third kappa shape index (κ3) is 5.47. The van der Waals surface area contributed by atoms with Crippen molar-refractivity contribution in [3.8, 4) is 5.75 Å². The smallest absolute Gasteiger partial charge is 0.340 e. The minimum absolute atomic E-state index is 0.129. The maximum Gasteiger partial charge on any atom is 0.340 e. The molecule has 1 aromatic rings. The van der Waals surface area contributed by atoms with Gasteiger partial charge in [-0.2, -0.15) is 0 Å². The third-order valence-corrected chi connectivity index (χ3v) is 5.75. The molecule has 0 spiro atoms. The van der Waals surface area contributed by atoms with Gasteiger partial charge < -0.3 is 19.7 Å². The molecule has 9 nitrogen and oxygen atoms in total. The van der Waals surface area contributed by atoms with Crippen molar-refractivity contribution in [3.05, 3.63) is 53.8 Å². The highest BCUT2D eigenvalue weighted by Crippen LogP contribution is 2.17. The van der Waals surface area contributed by atoms with Crippen molar-refractivity contribution in [2.24, 2.45) is 4.40 Å². The van der Waals surface area contributed by atoms with E-state index in [-0.39, 0.29) is 23.7 Å². The van der Waals surface area contributed by atoms with Crippen molar-refractivity contribution < 1.29 is 27.5 Å². The Balaban J connectivity index is 1.48. The minimum atomic E-state index is -3.46. The van der Waals surface area contributed by atoms with Gasteiger partial charge in [0.05, 0.1) is 18.4 Å². The summed E-state index contributed by atoms with van der Waals surface area (Å²) in [6, 6.07) is 7.53. The average Bonchev–Trinajstić information content (AvgIpc) is 2.73. The summed E-state index contributed by atoms with van der Waals surface area (Å²) in [6.07, 6.45) is 3.99. The zero-order valence-electron chi connectivity index (χ0n) is 16.7. The summed E-state index contributed by atoms with van der Waals surface area (Å²) < 4.78 is 37.1. The number of amidine groups is 1. The number of rotatable bonds is 7. The molecule has 1 atom stereocenters. The molecular formula is C20H23N3O6S. The van der Waals surface area contributed by atoms with E-state index in [4.69, 9.17) is 9.47 Å². The lowest BCUT2D eigenvalue weighted by molar-refractivity contribution is -0.150. The Morgan fingerprint density at radius 1 is 1.23 bits per heavy atom. The second kappa shape index (κ2) is 9.12. The summed E-state index contributed by atoms with van der Waals surface area (Å²) in [6.45, 7) is 2.09. The molecule has 2 aliphatic rings. The summed E-state index contributed by atoms with van der Waals surface area (Å²) in [7, 11) is -1.87. The number of ether oxygens (including phenoxy) is 2. The predicted octanol–water partition coefficient (Wildman–Crippen LogP) is 0.783. The Bertz CT molecular complexity index is 1010. The highest BCUT2D eigenvalue weighted by molar-refractivity contribution is 7.90. The zero-order valence-corrected chi connectivity index (χ0v) is 17.5. The topological polar surface area (TPSA) is 114 Å². The number of carbonyl (C=O) groups is 2. The Kier molecular flexibility index (Phi) is 6.56. The van der Waals surface area contributed by atoms with Crippen LogP contribution >= 0.6 is 0 Å². The summed E-state index contributed by atoms with van der Waals surface area (Å²) in [5.74, 6) is -0.183. The second-order valence-electron chi connectivity index (χ2n) is 6.78. The number of esters is 1. The number of sulfonamides is 1. The standard InChI is InChI=1S/C20H23N3O6S/c1-14(19(24)21-10-9-15-3-6-17(28-2)7-4-15)29-20(25)16-5-8-18-22-30(26,27)12-11-23(18)13-16/h3-8,13-14H,9-12H2,1-2H3,(H,21,24). The highest BCUT2D eigenvalue weighted by Gasteiger charge is 2.26. The van der Waals surface area contributed by atoms with E-state index in [2.05, 4.69) is 9.71 Å². The second-order valence-corrected chi connectivity index (χ2v) is 8.54. The van der Waals surface area contributed by atoms with E-state index in [1.165, 1.54) is 25.3 Å². The van der Waals surface area contributed by atoms with E-state index < -0.39 is 28.0 Å². The van der Waals surface area contributed by atoms with Crippen molar-refractivity contribution in [1.82, 2.24) is 10.2 Å². The lowest BCUT2D eigenvalue weighted by atomic mass is 10.1. The van der Waals surface area contributed by atoms with E-state index in [1.54, 1.807) is 12.0 Å². The van der Waals surface area contributed by atoms with Crippen LogP contribution in [-0.4, -0.2) is 63.1 Å². The number of fused-ring (bicyclic) bond motifs is 1. The predicted molar refractivity (Wildman–Crippen MR) is 110 cm³/mol. The molecule has 1 N–H and O–H groups in total. The fraction of sp³-hybridized carbons (Fsp3) is 0.350. The van der Waals surface area contributed by atoms with Crippen molar-refractivity contribution in [2.75, 3.05) is 26.0 Å². The van der Waals surface area contributed by atoms with Crippen molar-refractivity contribution in [2.45, 2.75) is 19.4 Å². The largest absolute Gasteiger partial charge is 0.497 e. The molecule has 1 unspecified atom stereocenters. The molecule has 0 radical (unpaired) electrons. The molecule has 0 aliphatic carbocycles. The van der Waals surface area contributed by atoms with Gasteiger partial charge in [0.1, 0.15) is 11.6 Å². The molecule has 10 heteroatoms. The third-order valence-electron chi connectivity index (χ3n) is 4.58. The first kappa shape index (κ1) is 21.6. The number of benzene rings is 1. The van der Waals surface area contributed by atoms with E-state index in [1.807, 2.05) is 24.3 Å². The van der Waals surface area contributed by atoms with Gasteiger partial charge in [0.25, 0.3) is 15.9 Å². The molecule has 1 amide bonds. The van der Waals surface area contributed by atoms with Crippen molar-refractivity contribution in [3.63, 3.8) is 0 Å². The van der Waals surface area contributed by atoms with Gasteiger partial charge in [-0.1, -0.05) is 12.1 Å². The lowest BCUT2D eigenvalue weighted by Gasteiger charge is -2.27. The Hall–Kier alpha value is -3.14. The molecule has 0 bridgehead atoms. The van der Waals surface area contributed by atoms with Crippen LogP contribution < -0.4 is 10.1 Å². The summed E-state index contributed by atoms with van der Waals surface area (Å²) in [5.41, 5.74) is 1.25. The maximum atomic E-state index is 12.4. The van der Waals surface area contributed by atoms with Crippen molar-refractivity contribution in [1.29, 1.82) is 0 Å². The highest BCUT2D eigenvalue weighted by atomic mass is 32.2. The van der Waals surface area contributed by atoms with Gasteiger partial charge in [0, 0.05) is 19.3 Å². The van der Waals surface area contributed by atoms with Gasteiger partial charge in [-0.15, -0.1) is 4.40 Å². The van der Waals surface area contributed by atoms with Crippen LogP contribution in [0.2, 0.25) is 0 Å². The van der Waals surface area contributed by atoms with Gasteiger partial charge in [0.15, 0.2) is 6.10 Å². The minimum Gasteiger partial charge on any atom is -0.497 e. The molecule has 160 valence electrons. The average molecular weight is 433 g/mol. The van der Waals surface area contributed by atoms with E-state index in [9.17, 15) is 18.0 Å². The number of hydrogen-bond donors (Lipinski definition) is 1. The number of carbonyl (C=O) groups excluding carboxylic acids is 2. The van der Waals surface area contributed by atoms with Crippen LogP contribution in [0.1, 0.15) is 12.5 Å². The SMILES string of the molecule is COc1ccc(CCNC(=O)C(C)OC(=O)C2=CN3CCS(=O)(=O)N=C3C=C2)cc1. The van der Waals surface area contributed by atoms with Crippen LogP contribution in [-0.2, 0) is 30.8 Å². The van der Waals surface area contributed by atoms with Gasteiger partial charge in [-0.3, -0.25) is 4.79 Å².